The minimum atomic E-state index is 0.674. The Bertz CT molecular complexity index is 551. The average molecular weight is 323 g/mol. The van der Waals surface area contributed by atoms with E-state index in [1.54, 1.807) is 0 Å². The third kappa shape index (κ3) is 3.61. The molecule has 0 saturated carbocycles. The minimum absolute atomic E-state index is 0.674. The van der Waals surface area contributed by atoms with Gasteiger partial charge in [-0.2, -0.15) is 0 Å². The number of anilines is 1. The molecular weight excluding hydrogens is 304 g/mol. The molecule has 0 spiro atoms. The van der Waals surface area contributed by atoms with E-state index in [4.69, 9.17) is 10.2 Å². The zero-order chi connectivity index (χ0) is 13.8. The van der Waals surface area contributed by atoms with Gasteiger partial charge in [-0.05, 0) is 65.6 Å². The fourth-order valence-corrected chi connectivity index (χ4v) is 2.80. The summed E-state index contributed by atoms with van der Waals surface area (Å²) in [6.45, 7) is 3.39. The fraction of sp³-hybridized carbons (Fsp3) is 0.333. The first-order valence-electron chi connectivity index (χ1n) is 6.35. The van der Waals surface area contributed by atoms with Crippen LogP contribution >= 0.6 is 15.9 Å². The number of nitrogens with zero attached hydrogens (tertiary/aromatic N) is 1. The molecule has 3 nitrogen and oxygen atoms in total. The van der Waals surface area contributed by atoms with Gasteiger partial charge >= 0.3 is 0 Å². The number of aryl methyl sites for hydroxylation is 1. The summed E-state index contributed by atoms with van der Waals surface area (Å²) in [7, 11) is 2.06. The van der Waals surface area contributed by atoms with Crippen molar-refractivity contribution < 1.29 is 4.42 Å². The van der Waals surface area contributed by atoms with Gasteiger partial charge in [-0.25, -0.2) is 0 Å². The molecule has 102 valence electrons. The number of nitrogens with two attached hydrogens (primary N) is 1. The lowest BCUT2D eigenvalue weighted by Crippen LogP contribution is -2.16. The molecule has 0 unspecified atom stereocenters. The molecule has 0 aliphatic carbocycles. The van der Waals surface area contributed by atoms with Gasteiger partial charge in [-0.15, -0.1) is 0 Å². The van der Waals surface area contributed by atoms with E-state index < -0.39 is 0 Å². The Kier molecular flexibility index (Phi) is 4.66. The van der Waals surface area contributed by atoms with Crippen LogP contribution in [0.4, 0.5) is 5.69 Å². The number of hydrogen-bond acceptors (Lipinski definition) is 3. The highest BCUT2D eigenvalue weighted by Crippen LogP contribution is 2.28. The maximum atomic E-state index is 5.60. The van der Waals surface area contributed by atoms with Crippen LogP contribution in [0.5, 0.6) is 0 Å². The summed E-state index contributed by atoms with van der Waals surface area (Å²) in [5.41, 5.74) is 7.97. The van der Waals surface area contributed by atoms with Crippen LogP contribution in [0.2, 0.25) is 0 Å². The van der Waals surface area contributed by atoms with E-state index in [-0.39, 0.29) is 0 Å². The third-order valence-electron chi connectivity index (χ3n) is 3.05. The van der Waals surface area contributed by atoms with Gasteiger partial charge in [0, 0.05) is 11.5 Å². The SMILES string of the molecule is Cc1ccc(CN(C)c2ccc(CCN)cc2Br)o1. The second-order valence-corrected chi connectivity index (χ2v) is 5.55. The highest BCUT2D eigenvalue weighted by Gasteiger charge is 2.09. The average Bonchev–Trinajstić information content (AvgIpc) is 2.75. The molecule has 2 rings (SSSR count). The van der Waals surface area contributed by atoms with Gasteiger partial charge in [-0.3, -0.25) is 0 Å². The van der Waals surface area contributed by atoms with Crippen molar-refractivity contribution in [2.45, 2.75) is 19.9 Å². The lowest BCUT2D eigenvalue weighted by atomic mass is 10.1. The van der Waals surface area contributed by atoms with Gasteiger partial charge in [0.15, 0.2) is 0 Å². The molecule has 0 amide bonds. The van der Waals surface area contributed by atoms with Crippen molar-refractivity contribution in [2.24, 2.45) is 5.73 Å². The molecule has 1 heterocycles. The van der Waals surface area contributed by atoms with E-state index in [9.17, 15) is 0 Å². The second kappa shape index (κ2) is 6.26. The van der Waals surface area contributed by atoms with Crippen LogP contribution in [-0.4, -0.2) is 13.6 Å². The molecule has 0 bridgehead atoms. The predicted molar refractivity (Wildman–Crippen MR) is 82.5 cm³/mol. The Morgan fingerprint density at radius 1 is 1.26 bits per heavy atom. The third-order valence-corrected chi connectivity index (χ3v) is 3.68. The normalized spacial score (nSPS) is 10.7. The van der Waals surface area contributed by atoms with E-state index in [0.717, 1.165) is 34.6 Å². The van der Waals surface area contributed by atoms with Gasteiger partial charge in [0.25, 0.3) is 0 Å². The van der Waals surface area contributed by atoms with Gasteiger partial charge in [0.05, 0.1) is 12.2 Å². The van der Waals surface area contributed by atoms with E-state index in [2.05, 4.69) is 46.1 Å². The number of halogens is 1. The van der Waals surface area contributed by atoms with E-state index in [0.29, 0.717) is 6.54 Å². The molecule has 2 aromatic rings. The molecule has 0 aliphatic heterocycles. The number of furan rings is 1. The summed E-state index contributed by atoms with van der Waals surface area (Å²) in [6, 6.07) is 10.4. The molecule has 0 fully saturated rings. The van der Waals surface area contributed by atoms with Crippen LogP contribution in [-0.2, 0) is 13.0 Å². The number of hydrogen-bond donors (Lipinski definition) is 1. The molecule has 1 aromatic heterocycles. The van der Waals surface area contributed by atoms with Crippen molar-refractivity contribution in [3.8, 4) is 0 Å². The van der Waals surface area contributed by atoms with Crippen LogP contribution in [0.25, 0.3) is 0 Å². The zero-order valence-electron chi connectivity index (χ0n) is 11.3. The first kappa shape index (κ1) is 14.2. The Morgan fingerprint density at radius 3 is 2.63 bits per heavy atom. The van der Waals surface area contributed by atoms with Crippen LogP contribution in [0.15, 0.2) is 39.2 Å². The van der Waals surface area contributed by atoms with Gasteiger partial charge < -0.3 is 15.1 Å². The predicted octanol–water partition coefficient (Wildman–Crippen LogP) is 3.49. The smallest absolute Gasteiger partial charge is 0.123 e. The summed E-state index contributed by atoms with van der Waals surface area (Å²) < 4.78 is 6.69. The lowest BCUT2D eigenvalue weighted by molar-refractivity contribution is 0.481. The van der Waals surface area contributed by atoms with Crippen molar-refractivity contribution in [1.82, 2.24) is 0 Å². The van der Waals surface area contributed by atoms with Crippen LogP contribution in [0.1, 0.15) is 17.1 Å². The molecule has 0 radical (unpaired) electrons. The van der Waals surface area contributed by atoms with Gasteiger partial charge in [0.1, 0.15) is 11.5 Å². The van der Waals surface area contributed by atoms with Gasteiger partial charge in [0.2, 0.25) is 0 Å². The summed E-state index contributed by atoms with van der Waals surface area (Å²) >= 11 is 3.62. The Morgan fingerprint density at radius 2 is 2.05 bits per heavy atom. The number of rotatable bonds is 5. The molecular formula is C15H19BrN2O. The minimum Gasteiger partial charge on any atom is -0.464 e. The molecule has 4 heteroatoms. The molecule has 0 saturated heterocycles. The van der Waals surface area contributed by atoms with Crippen LogP contribution in [0, 0.1) is 6.92 Å². The van der Waals surface area contributed by atoms with E-state index in [1.807, 2.05) is 19.1 Å². The van der Waals surface area contributed by atoms with Crippen molar-refractivity contribution >= 4 is 21.6 Å². The zero-order valence-corrected chi connectivity index (χ0v) is 12.9. The second-order valence-electron chi connectivity index (χ2n) is 4.69. The quantitative estimate of drug-likeness (QED) is 0.916. The number of benzene rings is 1. The van der Waals surface area contributed by atoms with Crippen LogP contribution in [0.3, 0.4) is 0 Å². The molecule has 1 aromatic carbocycles. The Balaban J connectivity index is 2.12. The van der Waals surface area contributed by atoms with Crippen molar-refractivity contribution in [3.05, 3.63) is 51.9 Å². The fourth-order valence-electron chi connectivity index (χ4n) is 2.07. The van der Waals surface area contributed by atoms with Crippen LogP contribution < -0.4 is 10.6 Å². The van der Waals surface area contributed by atoms with E-state index >= 15 is 0 Å². The van der Waals surface area contributed by atoms with Crippen molar-refractivity contribution in [3.63, 3.8) is 0 Å². The topological polar surface area (TPSA) is 42.4 Å². The summed E-state index contributed by atoms with van der Waals surface area (Å²) in [5.74, 6) is 1.92. The summed E-state index contributed by atoms with van der Waals surface area (Å²) in [6.07, 6.45) is 0.903. The molecule has 2 N–H and O–H groups in total. The highest BCUT2D eigenvalue weighted by atomic mass is 79.9. The van der Waals surface area contributed by atoms with E-state index in [1.165, 1.54) is 5.56 Å². The highest BCUT2D eigenvalue weighted by molar-refractivity contribution is 9.10. The Labute approximate surface area is 122 Å². The Hall–Kier alpha value is -1.26. The first-order chi connectivity index (χ1) is 9.10. The first-order valence-corrected chi connectivity index (χ1v) is 7.14. The monoisotopic (exact) mass is 322 g/mol. The summed E-state index contributed by atoms with van der Waals surface area (Å²) in [4.78, 5) is 2.16. The van der Waals surface area contributed by atoms with Crippen molar-refractivity contribution in [2.75, 3.05) is 18.5 Å². The van der Waals surface area contributed by atoms with Gasteiger partial charge in [-0.1, -0.05) is 6.07 Å². The molecule has 0 atom stereocenters. The maximum Gasteiger partial charge on any atom is 0.123 e. The maximum absolute atomic E-state index is 5.60. The largest absolute Gasteiger partial charge is 0.464 e. The molecule has 0 aliphatic rings. The summed E-state index contributed by atoms with van der Waals surface area (Å²) in [5, 5.41) is 0. The standard InChI is InChI=1S/C15H19BrN2O/c1-11-3-5-13(19-11)10-18(2)15-6-4-12(7-8-17)9-14(15)16/h3-6,9H,7-8,10,17H2,1-2H3. The molecule has 19 heavy (non-hydrogen) atoms. The van der Waals surface area contributed by atoms with Crippen molar-refractivity contribution in [1.29, 1.82) is 0 Å². The lowest BCUT2D eigenvalue weighted by Gasteiger charge is -2.20.